The molecule has 26 heavy (non-hydrogen) atoms. The normalized spacial score (nSPS) is 16.9. The Morgan fingerprint density at radius 2 is 2.00 bits per heavy atom. The summed E-state index contributed by atoms with van der Waals surface area (Å²) in [4.78, 5) is 7.42. The SMILES string of the molecule is CN=C(NCc1ccc(S(=O)(=O)N(C)C)s1)N(C)CCC1CCOCC1. The Kier molecular flexibility index (Phi) is 7.87. The van der Waals surface area contributed by atoms with Crippen molar-refractivity contribution in [3.8, 4) is 0 Å². The molecule has 1 N–H and O–H groups in total. The Hall–Kier alpha value is -1.16. The van der Waals surface area contributed by atoms with E-state index in [0.717, 1.165) is 55.8 Å². The van der Waals surface area contributed by atoms with E-state index in [1.165, 1.54) is 15.6 Å². The second kappa shape index (κ2) is 9.68. The standard InChI is InChI=1S/C17H30N4O3S2/c1-18-17(21(4)10-7-14-8-11-24-12-9-14)19-13-15-5-6-16(25-15)26(22,23)20(2)3/h5-6,14H,7-13H2,1-4H3,(H,18,19). The first-order valence-electron chi connectivity index (χ1n) is 8.85. The van der Waals surface area contributed by atoms with E-state index >= 15 is 0 Å². The predicted molar refractivity (Wildman–Crippen MR) is 106 cm³/mol. The average Bonchev–Trinajstić information content (AvgIpc) is 3.11. The monoisotopic (exact) mass is 402 g/mol. The third kappa shape index (κ3) is 5.67. The number of nitrogens with one attached hydrogen (secondary N) is 1. The Morgan fingerprint density at radius 3 is 2.62 bits per heavy atom. The number of hydrogen-bond acceptors (Lipinski definition) is 5. The summed E-state index contributed by atoms with van der Waals surface area (Å²) in [6.07, 6.45) is 3.40. The fourth-order valence-corrected chi connectivity index (χ4v) is 5.30. The van der Waals surface area contributed by atoms with Crippen LogP contribution in [0.1, 0.15) is 24.1 Å². The summed E-state index contributed by atoms with van der Waals surface area (Å²) in [6.45, 7) is 3.24. The first-order chi connectivity index (χ1) is 12.3. The van der Waals surface area contributed by atoms with Gasteiger partial charge in [0.25, 0.3) is 10.0 Å². The predicted octanol–water partition coefficient (Wildman–Crippen LogP) is 1.82. The van der Waals surface area contributed by atoms with Gasteiger partial charge in [-0.1, -0.05) is 0 Å². The number of nitrogens with zero attached hydrogens (tertiary/aromatic N) is 3. The minimum absolute atomic E-state index is 0.363. The molecule has 1 aromatic heterocycles. The fourth-order valence-electron chi connectivity index (χ4n) is 2.84. The molecule has 7 nitrogen and oxygen atoms in total. The van der Waals surface area contributed by atoms with Gasteiger partial charge in [0, 0.05) is 52.8 Å². The third-order valence-corrected chi connectivity index (χ3v) is 7.95. The molecule has 0 radical (unpaired) electrons. The van der Waals surface area contributed by atoms with Gasteiger partial charge in [0.2, 0.25) is 0 Å². The minimum Gasteiger partial charge on any atom is -0.381 e. The van der Waals surface area contributed by atoms with Gasteiger partial charge in [0.1, 0.15) is 4.21 Å². The molecule has 1 fully saturated rings. The molecular formula is C17H30N4O3S2. The summed E-state index contributed by atoms with van der Waals surface area (Å²) in [7, 11) is 3.52. The fraction of sp³-hybridized carbons (Fsp3) is 0.706. The van der Waals surface area contributed by atoms with Crippen LogP contribution in [-0.4, -0.2) is 71.5 Å². The molecule has 1 aromatic rings. The highest BCUT2D eigenvalue weighted by molar-refractivity contribution is 7.91. The van der Waals surface area contributed by atoms with E-state index < -0.39 is 10.0 Å². The van der Waals surface area contributed by atoms with Gasteiger partial charge in [0.15, 0.2) is 5.96 Å². The van der Waals surface area contributed by atoms with Crippen molar-refractivity contribution in [1.29, 1.82) is 0 Å². The zero-order valence-electron chi connectivity index (χ0n) is 16.1. The van der Waals surface area contributed by atoms with Crippen LogP contribution >= 0.6 is 11.3 Å². The summed E-state index contributed by atoms with van der Waals surface area (Å²) >= 11 is 1.29. The van der Waals surface area contributed by atoms with Gasteiger partial charge >= 0.3 is 0 Å². The van der Waals surface area contributed by atoms with Gasteiger partial charge in [-0.3, -0.25) is 4.99 Å². The molecule has 1 aliphatic rings. The lowest BCUT2D eigenvalue weighted by atomic mass is 9.96. The van der Waals surface area contributed by atoms with Crippen LogP contribution in [0.25, 0.3) is 0 Å². The number of aliphatic imine (C=N–C) groups is 1. The first kappa shape index (κ1) is 21.1. The molecule has 0 unspecified atom stereocenters. The van der Waals surface area contributed by atoms with Crippen LogP contribution in [0.3, 0.4) is 0 Å². The van der Waals surface area contributed by atoms with Crippen molar-refractivity contribution < 1.29 is 13.2 Å². The lowest BCUT2D eigenvalue weighted by Gasteiger charge is -2.26. The van der Waals surface area contributed by atoms with Gasteiger partial charge < -0.3 is 15.0 Å². The molecule has 148 valence electrons. The van der Waals surface area contributed by atoms with Crippen LogP contribution in [0, 0.1) is 5.92 Å². The highest BCUT2D eigenvalue weighted by Gasteiger charge is 2.20. The summed E-state index contributed by atoms with van der Waals surface area (Å²) in [5.41, 5.74) is 0. The quantitative estimate of drug-likeness (QED) is 0.556. The molecule has 1 aliphatic heterocycles. The summed E-state index contributed by atoms with van der Waals surface area (Å²) in [5, 5.41) is 3.32. The van der Waals surface area contributed by atoms with E-state index in [4.69, 9.17) is 4.74 Å². The topological polar surface area (TPSA) is 74.2 Å². The molecular weight excluding hydrogens is 372 g/mol. The molecule has 0 aromatic carbocycles. The Morgan fingerprint density at radius 1 is 1.31 bits per heavy atom. The van der Waals surface area contributed by atoms with E-state index in [1.807, 2.05) is 13.1 Å². The highest BCUT2D eigenvalue weighted by atomic mass is 32.2. The zero-order valence-corrected chi connectivity index (χ0v) is 17.7. The van der Waals surface area contributed by atoms with Crippen LogP contribution < -0.4 is 5.32 Å². The lowest BCUT2D eigenvalue weighted by molar-refractivity contribution is 0.0625. The molecule has 0 amide bonds. The van der Waals surface area contributed by atoms with Crippen LogP contribution in [-0.2, 0) is 21.3 Å². The Labute approximate surface area is 161 Å². The molecule has 2 rings (SSSR count). The van der Waals surface area contributed by atoms with Gasteiger partial charge in [-0.25, -0.2) is 12.7 Å². The van der Waals surface area contributed by atoms with Crippen molar-refractivity contribution in [3.63, 3.8) is 0 Å². The number of sulfonamides is 1. The van der Waals surface area contributed by atoms with E-state index in [0.29, 0.717) is 10.8 Å². The summed E-state index contributed by atoms with van der Waals surface area (Å²) in [5.74, 6) is 1.54. The smallest absolute Gasteiger partial charge is 0.252 e. The number of guanidine groups is 1. The van der Waals surface area contributed by atoms with Crippen molar-refractivity contribution in [2.24, 2.45) is 10.9 Å². The molecule has 0 saturated carbocycles. The lowest BCUT2D eigenvalue weighted by Crippen LogP contribution is -2.39. The van der Waals surface area contributed by atoms with Gasteiger partial charge in [-0.2, -0.15) is 0 Å². The van der Waals surface area contributed by atoms with Crippen LogP contribution in [0.5, 0.6) is 0 Å². The number of thiophene rings is 1. The molecule has 9 heteroatoms. The molecule has 0 aliphatic carbocycles. The summed E-state index contributed by atoms with van der Waals surface area (Å²) in [6, 6.07) is 3.51. The van der Waals surface area contributed by atoms with Gasteiger partial charge in [-0.15, -0.1) is 11.3 Å². The maximum absolute atomic E-state index is 12.2. The van der Waals surface area contributed by atoms with E-state index in [1.54, 1.807) is 27.2 Å². The number of hydrogen-bond donors (Lipinski definition) is 1. The van der Waals surface area contributed by atoms with Crippen LogP contribution in [0.15, 0.2) is 21.3 Å². The first-order valence-corrected chi connectivity index (χ1v) is 11.1. The second-order valence-corrected chi connectivity index (χ2v) is 10.2. The van der Waals surface area contributed by atoms with Crippen molar-refractivity contribution in [2.75, 3.05) is 47.9 Å². The van der Waals surface area contributed by atoms with E-state index in [9.17, 15) is 8.42 Å². The number of ether oxygens (including phenoxy) is 1. The van der Waals surface area contributed by atoms with Crippen LogP contribution in [0.4, 0.5) is 0 Å². The Bertz CT molecular complexity index is 695. The number of rotatable bonds is 7. The van der Waals surface area contributed by atoms with Crippen molar-refractivity contribution in [1.82, 2.24) is 14.5 Å². The highest BCUT2D eigenvalue weighted by Crippen LogP contribution is 2.23. The average molecular weight is 403 g/mol. The minimum atomic E-state index is -3.36. The van der Waals surface area contributed by atoms with Crippen molar-refractivity contribution >= 4 is 27.3 Å². The second-order valence-electron chi connectivity index (χ2n) is 6.67. The van der Waals surface area contributed by atoms with Crippen molar-refractivity contribution in [3.05, 3.63) is 17.0 Å². The maximum atomic E-state index is 12.2. The Balaban J connectivity index is 1.85. The molecule has 0 bridgehead atoms. The summed E-state index contributed by atoms with van der Waals surface area (Å²) < 4.78 is 31.3. The largest absolute Gasteiger partial charge is 0.381 e. The van der Waals surface area contributed by atoms with Gasteiger partial charge in [0.05, 0.1) is 6.54 Å². The van der Waals surface area contributed by atoms with Gasteiger partial charge in [-0.05, 0) is 37.3 Å². The zero-order chi connectivity index (χ0) is 19.2. The molecule has 0 spiro atoms. The molecule has 0 atom stereocenters. The van der Waals surface area contributed by atoms with Crippen molar-refractivity contribution in [2.45, 2.75) is 30.0 Å². The van der Waals surface area contributed by atoms with E-state index in [2.05, 4.69) is 15.2 Å². The molecule has 2 heterocycles. The van der Waals surface area contributed by atoms with Crippen LogP contribution in [0.2, 0.25) is 0 Å². The molecule has 1 saturated heterocycles. The van der Waals surface area contributed by atoms with E-state index in [-0.39, 0.29) is 0 Å². The third-order valence-electron chi connectivity index (χ3n) is 4.58. The maximum Gasteiger partial charge on any atom is 0.252 e.